The number of benzene rings is 2. The zero-order valence-corrected chi connectivity index (χ0v) is 25.3. The minimum Gasteiger partial charge on any atom is -0.481 e. The molecular weight excluding hydrogens is 650 g/mol. The van der Waals surface area contributed by atoms with E-state index in [0.717, 1.165) is 37.3 Å². The van der Waals surface area contributed by atoms with Crippen molar-refractivity contribution in [3.8, 4) is 0 Å². The van der Waals surface area contributed by atoms with Gasteiger partial charge >= 0.3 is 24.0 Å². The van der Waals surface area contributed by atoms with Gasteiger partial charge in [-0.2, -0.15) is 26.3 Å². The van der Waals surface area contributed by atoms with Crippen LogP contribution in [0.3, 0.4) is 0 Å². The van der Waals surface area contributed by atoms with Crippen LogP contribution in [0.5, 0.6) is 0 Å². The number of halogens is 8. The molecule has 2 aromatic rings. The lowest BCUT2D eigenvalue weighted by Crippen LogP contribution is -2.52. The summed E-state index contributed by atoms with van der Waals surface area (Å²) in [6.07, 6.45) is -12.2. The fourth-order valence-electron chi connectivity index (χ4n) is 7.61. The Balaban J connectivity index is 1.69. The molecule has 2 atom stereocenters. The largest absolute Gasteiger partial charge is 0.481 e. The van der Waals surface area contributed by atoms with Gasteiger partial charge in [0.05, 0.1) is 16.9 Å². The van der Waals surface area contributed by atoms with Crippen molar-refractivity contribution in [1.82, 2.24) is 4.90 Å². The minimum absolute atomic E-state index is 0.000986. The van der Waals surface area contributed by atoms with Gasteiger partial charge in [0, 0.05) is 18.0 Å². The number of aliphatic carboxylic acids is 1. The molecule has 1 N–H and O–H groups in total. The highest BCUT2D eigenvalue weighted by molar-refractivity contribution is 7.92. The molecule has 1 amide bonds. The van der Waals surface area contributed by atoms with Crippen LogP contribution in [-0.2, 0) is 36.3 Å². The fraction of sp³-hybridized carbons (Fsp3) is 0.548. The Hall–Kier alpha value is -3.23. The number of rotatable bonds is 5. The summed E-state index contributed by atoms with van der Waals surface area (Å²) in [5, 5.41) is 9.35. The summed E-state index contributed by atoms with van der Waals surface area (Å²) < 4.78 is 139. The molecule has 0 unspecified atom stereocenters. The maximum Gasteiger partial charge on any atom is 0.435 e. The number of alkyl halides is 7. The molecule has 0 spiro atoms. The number of carbonyl (C=O) groups excluding carboxylic acids is 1. The molecule has 3 aliphatic rings. The summed E-state index contributed by atoms with van der Waals surface area (Å²) in [5.74, 6) is -3.40. The van der Waals surface area contributed by atoms with Crippen molar-refractivity contribution in [2.45, 2.75) is 92.0 Å². The van der Waals surface area contributed by atoms with Gasteiger partial charge in [-0.3, -0.25) is 9.59 Å². The summed E-state index contributed by atoms with van der Waals surface area (Å²) in [7, 11) is -4.63. The highest BCUT2D eigenvalue weighted by Gasteiger charge is 2.74. The Kier molecular flexibility index (Phi) is 8.51. The summed E-state index contributed by atoms with van der Waals surface area (Å²) in [4.78, 5) is 26.4. The van der Waals surface area contributed by atoms with Crippen LogP contribution < -0.4 is 0 Å². The third-order valence-electron chi connectivity index (χ3n) is 9.93. The summed E-state index contributed by atoms with van der Waals surface area (Å²) >= 11 is 0. The van der Waals surface area contributed by atoms with E-state index in [9.17, 15) is 53.8 Å². The van der Waals surface area contributed by atoms with E-state index in [0.29, 0.717) is 6.07 Å². The zero-order chi connectivity index (χ0) is 34.0. The maximum atomic E-state index is 15.3. The number of amides is 1. The van der Waals surface area contributed by atoms with E-state index >= 15 is 4.39 Å². The van der Waals surface area contributed by atoms with Gasteiger partial charge < -0.3 is 10.0 Å². The first-order valence-electron chi connectivity index (χ1n) is 14.8. The van der Waals surface area contributed by atoms with Gasteiger partial charge in [-0.05, 0) is 99.2 Å². The molecule has 6 nitrogen and oxygen atoms in total. The van der Waals surface area contributed by atoms with Gasteiger partial charge in [0.1, 0.15) is 10.6 Å². The SMILES string of the molecule is Cc1cc2c(cc1C(F)(C(F)(F)F)C(F)(F)F)CCC[C@@H]1N(C(=O)[C@H]3CC[C@H](C(=O)O)CC3)CC[C@]21S(=O)(=O)c1ccc(F)cc1. The third-order valence-corrected chi connectivity index (χ3v) is 12.5. The third kappa shape index (κ3) is 5.16. The van der Waals surface area contributed by atoms with Crippen molar-refractivity contribution in [3.05, 3.63) is 64.5 Å². The van der Waals surface area contributed by atoms with Crippen molar-refractivity contribution in [2.24, 2.45) is 11.8 Å². The predicted octanol–water partition coefficient (Wildman–Crippen LogP) is 6.92. The van der Waals surface area contributed by atoms with Crippen LogP contribution in [0.1, 0.15) is 67.2 Å². The number of carbonyl (C=O) groups is 2. The van der Waals surface area contributed by atoms with Crippen molar-refractivity contribution in [2.75, 3.05) is 6.54 Å². The van der Waals surface area contributed by atoms with Gasteiger partial charge in [0.25, 0.3) is 0 Å². The van der Waals surface area contributed by atoms with Crippen LogP contribution in [0.15, 0.2) is 41.3 Å². The average molecular weight is 682 g/mol. The highest BCUT2D eigenvalue weighted by atomic mass is 32.2. The van der Waals surface area contributed by atoms with Crippen LogP contribution in [0, 0.1) is 24.6 Å². The van der Waals surface area contributed by atoms with Crippen molar-refractivity contribution in [3.63, 3.8) is 0 Å². The lowest BCUT2D eigenvalue weighted by Gasteiger charge is -2.40. The second-order valence-electron chi connectivity index (χ2n) is 12.4. The molecule has 252 valence electrons. The number of carboxylic acids is 1. The van der Waals surface area contributed by atoms with Crippen LogP contribution in [-0.4, -0.2) is 55.2 Å². The summed E-state index contributed by atoms with van der Waals surface area (Å²) in [6.45, 7) is 0.722. The number of sulfone groups is 1. The lowest BCUT2D eigenvalue weighted by atomic mass is 9.80. The Bertz CT molecular complexity index is 1620. The fourth-order valence-corrected chi connectivity index (χ4v) is 9.97. The lowest BCUT2D eigenvalue weighted by molar-refractivity contribution is -0.348. The molecular formula is C31H31F8NO5S. The molecule has 0 bridgehead atoms. The number of carboxylic acid groups (broad SMARTS) is 1. The monoisotopic (exact) mass is 681 g/mol. The van der Waals surface area contributed by atoms with Crippen molar-refractivity contribution in [1.29, 1.82) is 0 Å². The highest BCUT2D eigenvalue weighted by Crippen LogP contribution is 2.57. The molecule has 2 fully saturated rings. The second kappa shape index (κ2) is 11.5. The van der Waals surface area contributed by atoms with Gasteiger partial charge in [-0.25, -0.2) is 17.2 Å². The van der Waals surface area contributed by atoms with E-state index in [1.807, 2.05) is 0 Å². The molecule has 46 heavy (non-hydrogen) atoms. The van der Waals surface area contributed by atoms with Crippen molar-refractivity contribution >= 4 is 21.7 Å². The molecule has 2 aliphatic carbocycles. The number of aryl methyl sites for hydroxylation is 2. The molecule has 1 heterocycles. The topological polar surface area (TPSA) is 91.8 Å². The number of nitrogens with zero attached hydrogens (tertiary/aromatic N) is 1. The van der Waals surface area contributed by atoms with Crippen LogP contribution in [0.2, 0.25) is 0 Å². The molecule has 1 saturated heterocycles. The molecule has 1 saturated carbocycles. The van der Waals surface area contributed by atoms with Gasteiger partial charge in [0.2, 0.25) is 5.91 Å². The first kappa shape index (κ1) is 34.1. The number of fused-ring (bicyclic) bond motifs is 3. The average Bonchev–Trinajstić information content (AvgIpc) is 3.28. The zero-order valence-electron chi connectivity index (χ0n) is 24.5. The van der Waals surface area contributed by atoms with Gasteiger partial charge in [-0.1, -0.05) is 12.1 Å². The first-order valence-corrected chi connectivity index (χ1v) is 16.3. The Morgan fingerprint density at radius 2 is 1.46 bits per heavy atom. The van der Waals surface area contributed by atoms with E-state index in [1.165, 1.54) is 4.90 Å². The Morgan fingerprint density at radius 1 is 0.891 bits per heavy atom. The van der Waals surface area contributed by atoms with Crippen LogP contribution in [0.25, 0.3) is 0 Å². The van der Waals surface area contributed by atoms with Crippen LogP contribution >= 0.6 is 0 Å². The van der Waals surface area contributed by atoms with E-state index in [4.69, 9.17) is 0 Å². The Labute approximate surface area is 259 Å². The normalized spacial score (nSPS) is 25.8. The van der Waals surface area contributed by atoms with Crippen molar-refractivity contribution < 1.29 is 58.2 Å². The van der Waals surface area contributed by atoms with E-state index in [-0.39, 0.29) is 73.9 Å². The second-order valence-corrected chi connectivity index (χ2v) is 14.6. The maximum absolute atomic E-state index is 15.3. The molecule has 5 rings (SSSR count). The first-order chi connectivity index (χ1) is 21.3. The van der Waals surface area contributed by atoms with E-state index < -0.39 is 79.3 Å². The van der Waals surface area contributed by atoms with Gasteiger partial charge in [-0.15, -0.1) is 0 Å². The smallest absolute Gasteiger partial charge is 0.435 e. The summed E-state index contributed by atoms with van der Waals surface area (Å²) in [6, 6.07) is 4.00. The Morgan fingerprint density at radius 3 is 2.00 bits per heavy atom. The standard InChI is InChI=1S/C31H31F8NO5S/c1-17-15-24-20(16-23(17)29(33,30(34,35)36)31(37,38)39)3-2-4-25-28(24,46(44,45)22-11-9-21(32)10-12-22)13-14-40(25)26(41)18-5-7-19(8-6-18)27(42)43/h9-12,15-16,18-19,25H,2-8,13-14H2,1H3,(H,42,43)/t18-,19-,25-,28-/m0/s1. The number of hydrogen-bond acceptors (Lipinski definition) is 4. The van der Waals surface area contributed by atoms with Gasteiger partial charge in [0.15, 0.2) is 9.84 Å². The number of hydrogen-bond donors (Lipinski definition) is 1. The van der Waals surface area contributed by atoms with E-state index in [2.05, 4.69) is 0 Å². The van der Waals surface area contributed by atoms with E-state index in [1.54, 1.807) is 0 Å². The number of likely N-dealkylation sites (tertiary alicyclic amines) is 1. The molecule has 2 aromatic carbocycles. The van der Waals surface area contributed by atoms with Crippen LogP contribution in [0.4, 0.5) is 35.1 Å². The quantitative estimate of drug-likeness (QED) is 0.273. The minimum atomic E-state index is -6.38. The summed E-state index contributed by atoms with van der Waals surface area (Å²) in [5.41, 5.74) is -8.56. The molecule has 0 aromatic heterocycles. The molecule has 0 radical (unpaired) electrons. The molecule has 15 heteroatoms. The molecule has 1 aliphatic heterocycles. The predicted molar refractivity (Wildman–Crippen MR) is 147 cm³/mol.